The average Bonchev–Trinajstić information content (AvgIpc) is 2.83. The Bertz CT molecular complexity index is 360. The molecule has 1 fully saturated rings. The molecule has 2 atom stereocenters. The van der Waals surface area contributed by atoms with Crippen molar-refractivity contribution < 1.29 is 27.5 Å². The number of rotatable bonds is 4. The van der Waals surface area contributed by atoms with Gasteiger partial charge in [0.15, 0.2) is 0 Å². The number of hydrogen-bond acceptors (Lipinski definition) is 3. The molecule has 1 rings (SSSR count). The first-order chi connectivity index (χ1) is 9.24. The van der Waals surface area contributed by atoms with Crippen LogP contribution in [0.5, 0.6) is 0 Å². The topological polar surface area (TPSA) is 58.6 Å². The highest BCUT2D eigenvalue weighted by Crippen LogP contribution is 2.19. The lowest BCUT2D eigenvalue weighted by Gasteiger charge is -2.19. The van der Waals surface area contributed by atoms with E-state index in [0.29, 0.717) is 25.9 Å². The number of carbonyl (C=O) groups excluding carboxylic acids is 2. The van der Waals surface area contributed by atoms with Crippen molar-refractivity contribution in [2.45, 2.75) is 39.0 Å². The second-order valence-electron chi connectivity index (χ2n) is 4.91. The van der Waals surface area contributed by atoms with Gasteiger partial charge in [-0.2, -0.15) is 13.2 Å². The van der Waals surface area contributed by atoms with Gasteiger partial charge in [0.25, 0.3) is 0 Å². The lowest BCUT2D eigenvalue weighted by atomic mass is 10.1. The molecule has 0 saturated carbocycles. The number of nitrogens with zero attached hydrogens (tertiary/aromatic N) is 1. The molecule has 0 bridgehead atoms. The second-order valence-corrected chi connectivity index (χ2v) is 4.91. The van der Waals surface area contributed by atoms with Gasteiger partial charge in [-0.25, -0.2) is 4.79 Å². The van der Waals surface area contributed by atoms with Gasteiger partial charge in [-0.15, -0.1) is 0 Å². The molecule has 2 amide bonds. The lowest BCUT2D eigenvalue weighted by Crippen LogP contribution is -2.40. The van der Waals surface area contributed by atoms with Crippen LogP contribution in [-0.4, -0.2) is 48.8 Å². The molecule has 0 radical (unpaired) electrons. The Balaban J connectivity index is 2.33. The SMILES string of the molecule is CCC(C)OC(=O)N1CCC(CNC(=O)C(F)(F)F)C1. The smallest absolute Gasteiger partial charge is 0.446 e. The lowest BCUT2D eigenvalue weighted by molar-refractivity contribution is -0.173. The molecule has 0 aromatic carbocycles. The molecule has 1 N–H and O–H groups in total. The van der Waals surface area contributed by atoms with Gasteiger partial charge in [-0.05, 0) is 25.7 Å². The fourth-order valence-corrected chi connectivity index (χ4v) is 1.83. The molecule has 2 unspecified atom stereocenters. The van der Waals surface area contributed by atoms with Crippen LogP contribution in [0.4, 0.5) is 18.0 Å². The van der Waals surface area contributed by atoms with Gasteiger partial charge in [0.05, 0.1) is 0 Å². The van der Waals surface area contributed by atoms with Gasteiger partial charge in [0, 0.05) is 19.6 Å². The van der Waals surface area contributed by atoms with Gasteiger partial charge < -0.3 is 15.0 Å². The van der Waals surface area contributed by atoms with E-state index in [1.54, 1.807) is 6.92 Å². The standard InChI is InChI=1S/C12H19F3N2O3/c1-3-8(2)20-11(19)17-5-4-9(7-17)6-16-10(18)12(13,14)15/h8-9H,3-7H2,1-2H3,(H,16,18). The molecule has 0 aromatic rings. The van der Waals surface area contributed by atoms with E-state index >= 15 is 0 Å². The number of ether oxygens (including phenoxy) is 1. The number of hydrogen-bond donors (Lipinski definition) is 1. The van der Waals surface area contributed by atoms with Crippen LogP contribution in [0.1, 0.15) is 26.7 Å². The highest BCUT2D eigenvalue weighted by molar-refractivity contribution is 5.81. The molecule has 1 heterocycles. The van der Waals surface area contributed by atoms with Crippen LogP contribution in [0.2, 0.25) is 0 Å². The van der Waals surface area contributed by atoms with Crippen LogP contribution in [-0.2, 0) is 9.53 Å². The fraction of sp³-hybridized carbons (Fsp3) is 0.833. The van der Waals surface area contributed by atoms with Gasteiger partial charge >= 0.3 is 18.2 Å². The van der Waals surface area contributed by atoms with E-state index in [4.69, 9.17) is 4.74 Å². The predicted molar refractivity (Wildman–Crippen MR) is 65.0 cm³/mol. The minimum Gasteiger partial charge on any atom is -0.446 e. The van der Waals surface area contributed by atoms with Crippen molar-refractivity contribution in [3.8, 4) is 0 Å². The molecule has 1 saturated heterocycles. The summed E-state index contributed by atoms with van der Waals surface area (Å²) >= 11 is 0. The van der Waals surface area contributed by atoms with Crippen molar-refractivity contribution >= 4 is 12.0 Å². The maximum Gasteiger partial charge on any atom is 0.471 e. The first kappa shape index (κ1) is 16.6. The Kier molecular flexibility index (Phi) is 5.64. The molecule has 1 aliphatic heterocycles. The zero-order valence-electron chi connectivity index (χ0n) is 11.5. The summed E-state index contributed by atoms with van der Waals surface area (Å²) in [6.45, 7) is 4.30. The molecule has 0 aliphatic carbocycles. The highest BCUT2D eigenvalue weighted by atomic mass is 19.4. The van der Waals surface area contributed by atoms with Gasteiger partial charge in [-0.1, -0.05) is 6.92 Å². The molecule has 5 nitrogen and oxygen atoms in total. The number of likely N-dealkylation sites (tertiary alicyclic amines) is 1. The first-order valence-electron chi connectivity index (χ1n) is 6.54. The van der Waals surface area contributed by atoms with Crippen molar-refractivity contribution in [2.24, 2.45) is 5.92 Å². The van der Waals surface area contributed by atoms with Gasteiger partial charge in [0.2, 0.25) is 0 Å². The average molecular weight is 296 g/mol. The van der Waals surface area contributed by atoms with Crippen LogP contribution in [0.15, 0.2) is 0 Å². The Morgan fingerprint density at radius 1 is 1.45 bits per heavy atom. The summed E-state index contributed by atoms with van der Waals surface area (Å²) in [6.07, 6.45) is -4.26. The molecule has 8 heteroatoms. The van der Waals surface area contributed by atoms with Gasteiger partial charge in [-0.3, -0.25) is 4.79 Å². The van der Waals surface area contributed by atoms with Gasteiger partial charge in [0.1, 0.15) is 6.10 Å². The number of amides is 2. The zero-order chi connectivity index (χ0) is 15.3. The largest absolute Gasteiger partial charge is 0.471 e. The zero-order valence-corrected chi connectivity index (χ0v) is 11.5. The van der Waals surface area contributed by atoms with Crippen molar-refractivity contribution in [3.63, 3.8) is 0 Å². The minimum absolute atomic E-state index is 0.0918. The molecule has 1 aliphatic rings. The van der Waals surface area contributed by atoms with E-state index in [9.17, 15) is 22.8 Å². The summed E-state index contributed by atoms with van der Waals surface area (Å²) in [5.74, 6) is -2.12. The van der Waals surface area contributed by atoms with Crippen LogP contribution >= 0.6 is 0 Å². The van der Waals surface area contributed by atoms with Crippen LogP contribution in [0.3, 0.4) is 0 Å². The number of carbonyl (C=O) groups is 2. The maximum atomic E-state index is 12.0. The summed E-state index contributed by atoms with van der Waals surface area (Å²) in [6, 6.07) is 0. The number of alkyl halides is 3. The minimum atomic E-state index is -4.87. The third kappa shape index (κ3) is 4.90. The first-order valence-corrected chi connectivity index (χ1v) is 6.54. The Morgan fingerprint density at radius 3 is 2.65 bits per heavy atom. The highest BCUT2D eigenvalue weighted by Gasteiger charge is 2.39. The molecule has 0 aromatic heterocycles. The molecule has 116 valence electrons. The van der Waals surface area contributed by atoms with E-state index in [-0.39, 0.29) is 18.6 Å². The van der Waals surface area contributed by atoms with Crippen LogP contribution < -0.4 is 5.32 Å². The molecule has 0 spiro atoms. The van der Waals surface area contributed by atoms with Crippen LogP contribution in [0, 0.1) is 5.92 Å². The molecular weight excluding hydrogens is 277 g/mol. The Hall–Kier alpha value is -1.47. The number of halogens is 3. The fourth-order valence-electron chi connectivity index (χ4n) is 1.83. The van der Waals surface area contributed by atoms with Crippen molar-refractivity contribution in [3.05, 3.63) is 0 Å². The summed E-state index contributed by atoms with van der Waals surface area (Å²) in [5.41, 5.74) is 0. The monoisotopic (exact) mass is 296 g/mol. The van der Waals surface area contributed by atoms with Crippen molar-refractivity contribution in [2.75, 3.05) is 19.6 Å². The third-order valence-corrected chi connectivity index (χ3v) is 3.23. The maximum absolute atomic E-state index is 12.0. The van der Waals surface area contributed by atoms with E-state index in [1.807, 2.05) is 12.2 Å². The normalized spacial score (nSPS) is 20.6. The summed E-state index contributed by atoms with van der Waals surface area (Å²) in [4.78, 5) is 23.8. The van der Waals surface area contributed by atoms with E-state index in [2.05, 4.69) is 0 Å². The van der Waals surface area contributed by atoms with Crippen LogP contribution in [0.25, 0.3) is 0 Å². The van der Waals surface area contributed by atoms with E-state index in [0.717, 1.165) is 0 Å². The van der Waals surface area contributed by atoms with Crippen molar-refractivity contribution in [1.82, 2.24) is 10.2 Å². The molecular formula is C12H19F3N2O3. The molecule has 20 heavy (non-hydrogen) atoms. The number of nitrogens with one attached hydrogen (secondary N) is 1. The van der Waals surface area contributed by atoms with E-state index in [1.165, 1.54) is 4.90 Å². The summed E-state index contributed by atoms with van der Waals surface area (Å²) in [5, 5.41) is 1.83. The van der Waals surface area contributed by atoms with Crippen molar-refractivity contribution in [1.29, 1.82) is 0 Å². The third-order valence-electron chi connectivity index (χ3n) is 3.23. The predicted octanol–water partition coefficient (Wildman–Crippen LogP) is 1.92. The summed E-state index contributed by atoms with van der Waals surface area (Å²) in [7, 11) is 0. The quantitative estimate of drug-likeness (QED) is 0.862. The van der Waals surface area contributed by atoms with E-state index < -0.39 is 18.2 Å². The summed E-state index contributed by atoms with van der Waals surface area (Å²) < 4.78 is 41.2. The second kappa shape index (κ2) is 6.81. The Labute approximate surface area is 115 Å². The Morgan fingerprint density at radius 2 is 2.10 bits per heavy atom.